The molecule has 8 nitrogen and oxygen atoms in total. The Balaban J connectivity index is 1.33. The molecule has 0 unspecified atom stereocenters. The van der Waals surface area contributed by atoms with Gasteiger partial charge in [0.05, 0.1) is 22.2 Å². The molecule has 3 aromatic rings. The van der Waals surface area contributed by atoms with Crippen LogP contribution in [0.4, 0.5) is 0 Å². The number of hydrogen-bond acceptors (Lipinski definition) is 7. The van der Waals surface area contributed by atoms with Gasteiger partial charge in [-0.2, -0.15) is 0 Å². The average Bonchev–Trinajstić information content (AvgIpc) is 3.28. The topological polar surface area (TPSA) is 89.0 Å². The van der Waals surface area contributed by atoms with Gasteiger partial charge in [-0.25, -0.2) is 17.7 Å². The maximum atomic E-state index is 13.0. The molecule has 188 valence electrons. The SMILES string of the molecule is CCCCN(C)S(=O)(=O)c1ccc(C(=O)N2CCC(Oc3nc4ccc(OC)cc4s3)CC2)cc1. The van der Waals surface area contributed by atoms with Crippen LogP contribution in [0.5, 0.6) is 10.9 Å². The second-order valence-corrected chi connectivity index (χ2v) is 11.7. The molecule has 0 spiro atoms. The summed E-state index contributed by atoms with van der Waals surface area (Å²) in [7, 11) is -0.328. The van der Waals surface area contributed by atoms with E-state index in [1.807, 2.05) is 25.1 Å². The van der Waals surface area contributed by atoms with Crippen molar-refractivity contribution in [1.29, 1.82) is 0 Å². The second kappa shape index (κ2) is 10.9. The van der Waals surface area contributed by atoms with Crippen LogP contribution in [-0.4, -0.2) is 68.4 Å². The van der Waals surface area contributed by atoms with Crippen molar-refractivity contribution in [2.75, 3.05) is 33.8 Å². The van der Waals surface area contributed by atoms with Crippen LogP contribution in [0.2, 0.25) is 0 Å². The first-order valence-electron chi connectivity index (χ1n) is 11.8. The number of amides is 1. The molecular weight excluding hydrogens is 486 g/mol. The molecular formula is C25H31N3O5S2. The Bertz CT molecular complexity index is 1270. The van der Waals surface area contributed by atoms with Crippen molar-refractivity contribution in [2.45, 2.75) is 43.6 Å². The minimum absolute atomic E-state index is 0.00677. The van der Waals surface area contributed by atoms with Crippen LogP contribution >= 0.6 is 11.3 Å². The number of carbonyl (C=O) groups excluding carboxylic acids is 1. The zero-order valence-corrected chi connectivity index (χ0v) is 21.9. The molecule has 1 fully saturated rings. The zero-order chi connectivity index (χ0) is 25.0. The Hall–Kier alpha value is -2.69. The van der Waals surface area contributed by atoms with Crippen LogP contribution < -0.4 is 9.47 Å². The summed E-state index contributed by atoms with van der Waals surface area (Å²) in [6, 6.07) is 12.0. The van der Waals surface area contributed by atoms with Crippen LogP contribution in [0.1, 0.15) is 43.0 Å². The summed E-state index contributed by atoms with van der Waals surface area (Å²) in [5.74, 6) is 0.687. The fourth-order valence-electron chi connectivity index (χ4n) is 4.01. The number of piperidine rings is 1. The standard InChI is InChI=1S/C25H31N3O5S2/c1-4-5-14-27(2)35(30,31)21-9-6-18(7-10-21)24(29)28-15-12-19(13-16-28)33-25-26-22-11-8-20(32-3)17-23(22)34-25/h6-11,17,19H,4-5,12-16H2,1-3H3. The molecule has 0 N–H and O–H groups in total. The number of nitrogens with zero attached hydrogens (tertiary/aromatic N) is 3. The number of unbranched alkanes of at least 4 members (excludes halogenated alkanes) is 1. The van der Waals surface area contributed by atoms with E-state index in [1.54, 1.807) is 31.2 Å². The van der Waals surface area contributed by atoms with Gasteiger partial charge in [-0.1, -0.05) is 24.7 Å². The van der Waals surface area contributed by atoms with Crippen LogP contribution in [0.3, 0.4) is 0 Å². The van der Waals surface area contributed by atoms with Crippen molar-refractivity contribution >= 4 is 37.5 Å². The smallest absolute Gasteiger partial charge is 0.274 e. The molecule has 0 aliphatic carbocycles. The molecule has 0 atom stereocenters. The summed E-state index contributed by atoms with van der Waals surface area (Å²) in [6.07, 6.45) is 3.14. The number of rotatable bonds is 9. The first kappa shape index (κ1) is 25.4. The van der Waals surface area contributed by atoms with Gasteiger partial charge in [0.25, 0.3) is 11.1 Å². The minimum atomic E-state index is -3.55. The highest BCUT2D eigenvalue weighted by molar-refractivity contribution is 7.89. The molecule has 10 heteroatoms. The molecule has 0 radical (unpaired) electrons. The fourth-order valence-corrected chi connectivity index (χ4v) is 6.13. The Morgan fingerprint density at radius 1 is 1.17 bits per heavy atom. The molecule has 1 aliphatic heterocycles. The van der Waals surface area contributed by atoms with Gasteiger partial charge in [0.1, 0.15) is 11.9 Å². The van der Waals surface area contributed by atoms with Crippen LogP contribution in [0.25, 0.3) is 10.2 Å². The molecule has 2 heterocycles. The summed E-state index contributed by atoms with van der Waals surface area (Å²) in [5.41, 5.74) is 1.36. The predicted molar refractivity (Wildman–Crippen MR) is 137 cm³/mol. The first-order valence-corrected chi connectivity index (χ1v) is 14.0. The van der Waals surface area contributed by atoms with Gasteiger partial charge >= 0.3 is 0 Å². The quantitative estimate of drug-likeness (QED) is 0.418. The summed E-state index contributed by atoms with van der Waals surface area (Å²) in [6.45, 7) is 3.64. The van der Waals surface area contributed by atoms with Crippen molar-refractivity contribution in [3.05, 3.63) is 48.0 Å². The maximum Gasteiger partial charge on any atom is 0.274 e. The normalized spacial score (nSPS) is 15.0. The van der Waals surface area contributed by atoms with E-state index in [0.717, 1.165) is 28.8 Å². The van der Waals surface area contributed by atoms with Crippen LogP contribution in [-0.2, 0) is 10.0 Å². The summed E-state index contributed by atoms with van der Waals surface area (Å²) in [4.78, 5) is 19.5. The largest absolute Gasteiger partial charge is 0.497 e. The number of benzene rings is 2. The number of thiazole rings is 1. The summed E-state index contributed by atoms with van der Waals surface area (Å²) >= 11 is 1.49. The molecule has 35 heavy (non-hydrogen) atoms. The van der Waals surface area contributed by atoms with Gasteiger partial charge in [0.15, 0.2) is 0 Å². The van der Waals surface area contributed by atoms with Crippen molar-refractivity contribution in [3.8, 4) is 10.9 Å². The molecule has 1 amide bonds. The van der Waals surface area contributed by atoms with Crippen molar-refractivity contribution in [2.24, 2.45) is 0 Å². The maximum absolute atomic E-state index is 13.0. The predicted octanol–water partition coefficient (Wildman–Crippen LogP) is 4.41. The molecule has 0 saturated carbocycles. The summed E-state index contributed by atoms with van der Waals surface area (Å²) in [5, 5.41) is 0.624. The Kier molecular flexibility index (Phi) is 7.93. The number of aromatic nitrogens is 1. The monoisotopic (exact) mass is 517 g/mol. The lowest BCUT2D eigenvalue weighted by Gasteiger charge is -2.31. The van der Waals surface area contributed by atoms with E-state index in [9.17, 15) is 13.2 Å². The minimum Gasteiger partial charge on any atom is -0.497 e. The molecule has 1 aromatic heterocycles. The third-order valence-electron chi connectivity index (χ3n) is 6.21. The van der Waals surface area contributed by atoms with E-state index >= 15 is 0 Å². The van der Waals surface area contributed by atoms with E-state index in [2.05, 4.69) is 4.98 Å². The Morgan fingerprint density at radius 3 is 2.54 bits per heavy atom. The third-order valence-corrected chi connectivity index (χ3v) is 8.99. The van der Waals surface area contributed by atoms with Crippen molar-refractivity contribution in [1.82, 2.24) is 14.2 Å². The zero-order valence-electron chi connectivity index (χ0n) is 20.3. The number of fused-ring (bicyclic) bond motifs is 1. The van der Waals surface area contributed by atoms with Crippen LogP contribution in [0, 0.1) is 0 Å². The number of sulfonamides is 1. The van der Waals surface area contributed by atoms with Crippen LogP contribution in [0.15, 0.2) is 47.4 Å². The first-order chi connectivity index (χ1) is 16.8. The van der Waals surface area contributed by atoms with Crippen molar-refractivity contribution in [3.63, 3.8) is 0 Å². The van der Waals surface area contributed by atoms with Gasteiger partial charge in [-0.15, -0.1) is 0 Å². The molecule has 1 saturated heterocycles. The summed E-state index contributed by atoms with van der Waals surface area (Å²) < 4.78 is 39.2. The number of hydrogen-bond donors (Lipinski definition) is 0. The van der Waals surface area contributed by atoms with E-state index in [-0.39, 0.29) is 16.9 Å². The van der Waals surface area contributed by atoms with Gasteiger partial charge in [-0.3, -0.25) is 4.79 Å². The second-order valence-electron chi connectivity index (χ2n) is 8.63. The Labute approximate surface area is 210 Å². The van der Waals surface area contributed by atoms with E-state index < -0.39 is 10.0 Å². The van der Waals surface area contributed by atoms with E-state index in [1.165, 1.54) is 27.8 Å². The van der Waals surface area contributed by atoms with E-state index in [0.29, 0.717) is 43.2 Å². The Morgan fingerprint density at radius 2 is 1.89 bits per heavy atom. The molecule has 4 rings (SSSR count). The lowest BCUT2D eigenvalue weighted by molar-refractivity contribution is 0.0595. The molecule has 0 bridgehead atoms. The fraction of sp³-hybridized carbons (Fsp3) is 0.440. The highest BCUT2D eigenvalue weighted by atomic mass is 32.2. The molecule has 1 aliphatic rings. The van der Waals surface area contributed by atoms with Gasteiger partial charge in [0.2, 0.25) is 10.0 Å². The van der Waals surface area contributed by atoms with Gasteiger partial charge in [-0.05, 0) is 48.9 Å². The number of likely N-dealkylation sites (tertiary alicyclic amines) is 1. The van der Waals surface area contributed by atoms with E-state index in [4.69, 9.17) is 9.47 Å². The van der Waals surface area contributed by atoms with Gasteiger partial charge in [0, 0.05) is 45.1 Å². The third kappa shape index (κ3) is 5.76. The highest BCUT2D eigenvalue weighted by Gasteiger charge is 2.26. The lowest BCUT2D eigenvalue weighted by atomic mass is 10.1. The highest BCUT2D eigenvalue weighted by Crippen LogP contribution is 2.32. The lowest BCUT2D eigenvalue weighted by Crippen LogP contribution is -2.41. The average molecular weight is 518 g/mol. The molecule has 2 aromatic carbocycles. The number of carbonyl (C=O) groups is 1. The van der Waals surface area contributed by atoms with Crippen molar-refractivity contribution < 1.29 is 22.7 Å². The number of methoxy groups -OCH3 is 1. The van der Waals surface area contributed by atoms with Gasteiger partial charge < -0.3 is 14.4 Å². The number of ether oxygens (including phenoxy) is 2.